The molecule has 7 N–H and O–H groups in total. The predicted octanol–water partition coefficient (Wildman–Crippen LogP) is -0.763. The van der Waals surface area contributed by atoms with E-state index in [-0.39, 0.29) is 29.6 Å². The van der Waals surface area contributed by atoms with Gasteiger partial charge in [-0.25, -0.2) is 0 Å². The quantitative estimate of drug-likeness (QED) is 0.168. The van der Waals surface area contributed by atoms with Crippen molar-refractivity contribution in [1.82, 2.24) is 10.2 Å². The molecule has 4 atom stereocenters. The lowest BCUT2D eigenvalue weighted by Gasteiger charge is -2.16. The largest absolute Gasteiger partial charge is 0.484 e. The number of oxime groups is 1. The number of nitrogens with zero attached hydrogens (tertiary/aromatic N) is 2. The molecule has 0 unspecified atom stereocenters. The number of benzene rings is 1. The fraction of sp³-hybridized carbons (Fsp3) is 0.375. The first-order chi connectivity index (χ1) is 12.6. The second-order valence-corrected chi connectivity index (χ2v) is 5.83. The lowest BCUT2D eigenvalue weighted by Crippen LogP contribution is -2.32. The molecule has 1 fully saturated rings. The van der Waals surface area contributed by atoms with Gasteiger partial charge in [0, 0.05) is 0 Å². The lowest BCUT2D eigenvalue weighted by molar-refractivity contribution is -0.0247. The molecular formula is C16H20N4O6. The Balaban J connectivity index is 1.91. The number of hydrogen-bond donors (Lipinski definition) is 6. The van der Waals surface area contributed by atoms with E-state index in [1.165, 1.54) is 0 Å². The van der Waals surface area contributed by atoms with Crippen molar-refractivity contribution in [2.24, 2.45) is 10.9 Å². The average molecular weight is 364 g/mol. The maximum atomic E-state index is 10.2. The van der Waals surface area contributed by atoms with Gasteiger partial charge in [-0.3, -0.25) is 5.10 Å². The Labute approximate surface area is 148 Å². The molecule has 1 aliphatic heterocycles. The Morgan fingerprint density at radius 2 is 2.00 bits per heavy atom. The Morgan fingerprint density at radius 3 is 2.62 bits per heavy atom. The van der Waals surface area contributed by atoms with E-state index in [4.69, 9.17) is 20.4 Å². The first-order valence-corrected chi connectivity index (χ1v) is 7.92. The molecule has 0 bridgehead atoms. The second-order valence-electron chi connectivity index (χ2n) is 5.83. The van der Waals surface area contributed by atoms with Crippen LogP contribution in [0.25, 0.3) is 0 Å². The monoisotopic (exact) mass is 364 g/mol. The van der Waals surface area contributed by atoms with E-state index in [0.717, 1.165) is 5.56 Å². The smallest absolute Gasteiger partial charge is 0.194 e. The molecule has 0 amide bonds. The molecule has 0 spiro atoms. The third kappa shape index (κ3) is 3.35. The molecule has 1 aromatic heterocycles. The van der Waals surface area contributed by atoms with Gasteiger partial charge in [-0.1, -0.05) is 35.5 Å². The summed E-state index contributed by atoms with van der Waals surface area (Å²) in [6.45, 7) is -0.302. The molecule has 3 rings (SSSR count). The molecule has 1 aliphatic rings. The van der Waals surface area contributed by atoms with Crippen molar-refractivity contribution in [3.63, 3.8) is 0 Å². The van der Waals surface area contributed by atoms with Gasteiger partial charge in [-0.05, 0) is 5.56 Å². The minimum absolute atomic E-state index is 0.0381. The maximum Gasteiger partial charge on any atom is 0.194 e. The molecule has 26 heavy (non-hydrogen) atoms. The first-order valence-electron chi connectivity index (χ1n) is 7.92. The molecule has 10 nitrogen and oxygen atoms in total. The van der Waals surface area contributed by atoms with E-state index in [9.17, 15) is 15.3 Å². The Hall–Kier alpha value is -2.66. The number of aliphatic hydroxyl groups is 3. The van der Waals surface area contributed by atoms with Crippen molar-refractivity contribution in [2.45, 2.75) is 31.0 Å². The molecule has 140 valence electrons. The number of nitrogens with two attached hydrogens (primary N) is 1. The van der Waals surface area contributed by atoms with Crippen LogP contribution in [0, 0.1) is 0 Å². The van der Waals surface area contributed by atoms with Crippen LogP contribution in [-0.2, 0) is 11.3 Å². The van der Waals surface area contributed by atoms with Gasteiger partial charge in [0.1, 0.15) is 36.7 Å². The highest BCUT2D eigenvalue weighted by atomic mass is 16.6. The molecule has 0 saturated carbocycles. The normalized spacial score (nSPS) is 26.2. The second kappa shape index (κ2) is 7.70. The zero-order chi connectivity index (χ0) is 18.7. The van der Waals surface area contributed by atoms with Gasteiger partial charge in [0.05, 0.1) is 6.61 Å². The lowest BCUT2D eigenvalue weighted by atomic mass is 10.1. The van der Waals surface area contributed by atoms with Crippen LogP contribution >= 0.6 is 0 Å². The minimum Gasteiger partial charge on any atom is -0.484 e. The van der Waals surface area contributed by atoms with E-state index in [0.29, 0.717) is 0 Å². The summed E-state index contributed by atoms with van der Waals surface area (Å²) in [5, 5.41) is 47.9. The highest BCUT2D eigenvalue weighted by Gasteiger charge is 2.45. The summed E-state index contributed by atoms with van der Waals surface area (Å²) in [5.41, 5.74) is 6.75. The number of H-pyrrole nitrogens is 1. The van der Waals surface area contributed by atoms with Crippen LogP contribution in [-0.4, -0.2) is 61.5 Å². The highest BCUT2D eigenvalue weighted by molar-refractivity contribution is 5.98. The summed E-state index contributed by atoms with van der Waals surface area (Å²) >= 11 is 0. The van der Waals surface area contributed by atoms with Crippen molar-refractivity contribution < 1.29 is 30.0 Å². The summed E-state index contributed by atoms with van der Waals surface area (Å²) in [7, 11) is 0. The Bertz CT molecular complexity index is 765. The molecular weight excluding hydrogens is 344 g/mol. The number of rotatable bonds is 6. The maximum absolute atomic E-state index is 10.2. The first kappa shape index (κ1) is 18.1. The SMILES string of the molecule is NC(=NO)c1n[nH]c([C@@H]2O[C@H](CO)[C@@H](O)[C@H]2O)c1OCc1ccccc1. The highest BCUT2D eigenvalue weighted by Crippen LogP contribution is 2.38. The fourth-order valence-electron chi connectivity index (χ4n) is 2.77. The van der Waals surface area contributed by atoms with E-state index in [1.807, 2.05) is 30.3 Å². The number of amidine groups is 1. The van der Waals surface area contributed by atoms with Crippen molar-refractivity contribution in [3.8, 4) is 5.75 Å². The molecule has 0 aliphatic carbocycles. The number of aromatic nitrogens is 2. The number of nitrogens with one attached hydrogen (secondary N) is 1. The Morgan fingerprint density at radius 1 is 1.27 bits per heavy atom. The van der Waals surface area contributed by atoms with E-state index in [2.05, 4.69) is 15.4 Å². The number of aliphatic hydroxyl groups excluding tert-OH is 3. The fourth-order valence-corrected chi connectivity index (χ4v) is 2.77. The molecule has 2 heterocycles. The summed E-state index contributed by atoms with van der Waals surface area (Å²) in [6.07, 6.45) is -4.57. The van der Waals surface area contributed by atoms with Crippen LogP contribution in [0.5, 0.6) is 5.75 Å². The number of ether oxygens (including phenoxy) is 2. The van der Waals surface area contributed by atoms with Crippen molar-refractivity contribution in [1.29, 1.82) is 0 Å². The van der Waals surface area contributed by atoms with Crippen molar-refractivity contribution in [3.05, 3.63) is 47.3 Å². The minimum atomic E-state index is -1.31. The summed E-state index contributed by atoms with van der Waals surface area (Å²) in [4.78, 5) is 0. The van der Waals surface area contributed by atoms with Gasteiger partial charge in [0.2, 0.25) is 0 Å². The molecule has 10 heteroatoms. The van der Waals surface area contributed by atoms with Crippen molar-refractivity contribution >= 4 is 5.84 Å². The van der Waals surface area contributed by atoms with Crippen LogP contribution in [0.15, 0.2) is 35.5 Å². The van der Waals surface area contributed by atoms with Gasteiger partial charge >= 0.3 is 0 Å². The van der Waals surface area contributed by atoms with E-state index in [1.54, 1.807) is 0 Å². The Kier molecular flexibility index (Phi) is 5.38. The van der Waals surface area contributed by atoms with Gasteiger partial charge in [0.15, 0.2) is 17.3 Å². The van der Waals surface area contributed by atoms with Crippen LogP contribution in [0.1, 0.15) is 23.1 Å². The zero-order valence-corrected chi connectivity index (χ0v) is 13.7. The van der Waals surface area contributed by atoms with Crippen LogP contribution in [0.2, 0.25) is 0 Å². The molecule has 2 aromatic rings. The molecule has 1 aromatic carbocycles. The van der Waals surface area contributed by atoms with Crippen LogP contribution in [0.4, 0.5) is 0 Å². The molecule has 0 radical (unpaired) electrons. The topological polar surface area (TPSA) is 166 Å². The van der Waals surface area contributed by atoms with Crippen molar-refractivity contribution in [2.75, 3.05) is 6.61 Å². The standard InChI is InChI=1S/C16H20N4O6/c17-16(20-24)11-14(25-7-8-4-2-1-3-5-8)10(18-19-11)15-13(23)12(22)9(6-21)26-15/h1-5,9,12-13,15,21-24H,6-7H2,(H2,17,20)(H,18,19)/t9-,12-,13-,15+/m1/s1. The third-order valence-electron chi connectivity index (χ3n) is 4.15. The number of hydrogen-bond acceptors (Lipinski definition) is 8. The van der Waals surface area contributed by atoms with Gasteiger partial charge in [-0.2, -0.15) is 5.10 Å². The van der Waals surface area contributed by atoms with Gasteiger partial charge in [-0.15, -0.1) is 0 Å². The van der Waals surface area contributed by atoms with Gasteiger partial charge < -0.3 is 35.7 Å². The van der Waals surface area contributed by atoms with Gasteiger partial charge in [0.25, 0.3) is 0 Å². The van der Waals surface area contributed by atoms with Crippen LogP contribution < -0.4 is 10.5 Å². The number of aromatic amines is 1. The van der Waals surface area contributed by atoms with E-state index >= 15 is 0 Å². The average Bonchev–Trinajstić information content (AvgIpc) is 3.21. The van der Waals surface area contributed by atoms with Crippen LogP contribution in [0.3, 0.4) is 0 Å². The predicted molar refractivity (Wildman–Crippen MR) is 88.6 cm³/mol. The summed E-state index contributed by atoms with van der Waals surface area (Å²) in [5.74, 6) is -0.165. The summed E-state index contributed by atoms with van der Waals surface area (Å²) < 4.78 is 11.3. The van der Waals surface area contributed by atoms with E-state index < -0.39 is 31.0 Å². The third-order valence-corrected chi connectivity index (χ3v) is 4.15. The zero-order valence-electron chi connectivity index (χ0n) is 13.7. The molecule has 1 saturated heterocycles. The summed E-state index contributed by atoms with van der Waals surface area (Å²) in [6, 6.07) is 9.29.